The highest BCUT2D eigenvalue weighted by molar-refractivity contribution is 7.20. The standard InChI is InChI=1S/C108H78N4O2Si2/c1-71(2)94-68-99(111(97-58-32-55-90-86-51-24-26-60-101(86)113-107(90)97)105-75(70-109)36-30-53-84(105)73-34-28-49-82(66-73)115(76-37-12-6-13-38-76,77-39-14-7-15-40-77)78-41-16-8-17-42-78)92-64-62-89-95(72(3)4)69-100(93-65-63-88(94)103(92)104(89)93)112(98-59-33-56-91-87-52-25-27-61-102(87)114-108(91)98)106-85(54-31-57-96(106)110-5)74-35-29-50-83(67-74)116(79-43-18-9-19-44-79,80-45-20-10-21-46-80)81-47-22-11-23-48-81/h6-69,71-72H,1-4H3. The first-order chi connectivity index (χ1) is 57.1. The Hall–Kier alpha value is -14.4. The van der Waals surface area contributed by atoms with Crippen molar-refractivity contribution in [1.29, 1.82) is 5.26 Å². The molecule has 18 aromatic carbocycles. The molecule has 0 saturated carbocycles. The molecule has 0 amide bonds. The lowest BCUT2D eigenvalue weighted by Crippen LogP contribution is -2.74. The number of hydrogen-bond donors (Lipinski definition) is 0. The van der Waals surface area contributed by atoms with Crippen molar-refractivity contribution in [3.8, 4) is 28.3 Å². The van der Waals surface area contributed by atoms with Crippen LogP contribution >= 0.6 is 0 Å². The van der Waals surface area contributed by atoms with Crippen molar-refractivity contribution in [2.75, 3.05) is 9.80 Å². The first kappa shape index (κ1) is 70.7. The predicted molar refractivity (Wildman–Crippen MR) is 491 cm³/mol. The van der Waals surface area contributed by atoms with Crippen molar-refractivity contribution in [3.63, 3.8) is 0 Å². The Morgan fingerprint density at radius 2 is 0.629 bits per heavy atom. The van der Waals surface area contributed by atoms with E-state index in [4.69, 9.17) is 8.83 Å². The second-order valence-corrected chi connectivity index (χ2v) is 38.6. The minimum Gasteiger partial charge on any atom is -0.454 e. The minimum atomic E-state index is -3.09. The van der Waals surface area contributed by atoms with E-state index in [9.17, 15) is 11.8 Å². The van der Waals surface area contributed by atoms with E-state index in [1.165, 1.54) is 41.5 Å². The van der Waals surface area contributed by atoms with Crippen LogP contribution in [0.25, 0.3) is 103 Å². The zero-order valence-corrected chi connectivity index (χ0v) is 66.7. The molecule has 0 bridgehead atoms. The number of anilines is 6. The molecule has 0 spiro atoms. The average Bonchev–Trinajstić information content (AvgIpc) is 0.784. The Labute approximate surface area is 677 Å². The summed E-state index contributed by atoms with van der Waals surface area (Å²) in [6.45, 7) is 18.7. The molecule has 0 atom stereocenters. The summed E-state index contributed by atoms with van der Waals surface area (Å²) in [4.78, 5) is 9.34. The summed E-state index contributed by atoms with van der Waals surface area (Å²) >= 11 is 0. The van der Waals surface area contributed by atoms with Gasteiger partial charge in [0.2, 0.25) is 5.69 Å². The fourth-order valence-corrected chi connectivity index (χ4v) is 28.6. The molecule has 6 nitrogen and oxygen atoms in total. The lowest BCUT2D eigenvalue weighted by atomic mass is 9.83. The van der Waals surface area contributed by atoms with Gasteiger partial charge in [0.05, 0.1) is 46.3 Å². The number of hydrogen-bond acceptors (Lipinski definition) is 5. The fraction of sp³-hybridized carbons (Fsp3) is 0.0556. The Morgan fingerprint density at radius 3 is 1.02 bits per heavy atom. The first-order valence-electron chi connectivity index (χ1n) is 39.9. The molecule has 0 aliphatic rings. The molecule has 0 fully saturated rings. The van der Waals surface area contributed by atoms with Crippen LogP contribution in [-0.2, 0) is 0 Å². The number of para-hydroxylation sites is 6. The van der Waals surface area contributed by atoms with E-state index < -0.39 is 16.1 Å². The third-order valence-electron chi connectivity index (χ3n) is 24.1. The highest BCUT2D eigenvalue weighted by Gasteiger charge is 2.44. The molecule has 0 saturated heterocycles. The van der Waals surface area contributed by atoms with Crippen LogP contribution in [0.2, 0.25) is 0 Å². The molecular formula is C108H78N4O2Si2. The highest BCUT2D eigenvalue weighted by atomic mass is 28.3. The molecule has 0 aliphatic carbocycles. The van der Waals surface area contributed by atoms with Crippen molar-refractivity contribution in [2.45, 2.75) is 39.5 Å². The van der Waals surface area contributed by atoms with E-state index in [1.54, 1.807) is 0 Å². The van der Waals surface area contributed by atoms with Gasteiger partial charge < -0.3 is 18.6 Å². The zero-order valence-electron chi connectivity index (χ0n) is 64.7. The molecule has 8 heteroatoms. The van der Waals surface area contributed by atoms with Gasteiger partial charge in [-0.3, -0.25) is 0 Å². The maximum atomic E-state index is 12.1. The fourth-order valence-electron chi connectivity index (χ4n) is 19.1. The second kappa shape index (κ2) is 29.0. The van der Waals surface area contributed by atoms with Gasteiger partial charge in [0, 0.05) is 37.9 Å². The van der Waals surface area contributed by atoms with E-state index in [-0.39, 0.29) is 11.8 Å². The molecular weight excluding hydrogens is 1440 g/mol. The number of fused-ring (bicyclic) bond motifs is 6. The van der Waals surface area contributed by atoms with E-state index >= 15 is 0 Å². The number of nitrogens with zero attached hydrogens (tertiary/aromatic N) is 4. The van der Waals surface area contributed by atoms with Gasteiger partial charge in [0.25, 0.3) is 0 Å². The molecule has 0 N–H and O–H groups in total. The summed E-state index contributed by atoms with van der Waals surface area (Å²) in [5.74, 6) is 0.0279. The third-order valence-corrected chi connectivity index (χ3v) is 33.6. The van der Waals surface area contributed by atoms with Crippen molar-refractivity contribution < 1.29 is 8.83 Å². The predicted octanol–water partition coefficient (Wildman–Crippen LogP) is 24.1. The zero-order chi connectivity index (χ0) is 78.2. The monoisotopic (exact) mass is 1520 g/mol. The summed E-state index contributed by atoms with van der Waals surface area (Å²) in [6.07, 6.45) is 0. The van der Waals surface area contributed by atoms with Crippen LogP contribution in [0.15, 0.2) is 397 Å². The normalized spacial score (nSPS) is 11.9. The van der Waals surface area contributed by atoms with Gasteiger partial charge in [0.1, 0.15) is 17.2 Å². The van der Waals surface area contributed by atoms with Gasteiger partial charge in [-0.1, -0.05) is 373 Å². The first-order valence-corrected chi connectivity index (χ1v) is 43.9. The highest BCUT2D eigenvalue weighted by Crippen LogP contribution is 2.57. The van der Waals surface area contributed by atoms with Crippen LogP contribution in [0.4, 0.5) is 39.8 Å². The molecule has 0 unspecified atom stereocenters. The lowest BCUT2D eigenvalue weighted by Gasteiger charge is -2.35. The van der Waals surface area contributed by atoms with Gasteiger partial charge >= 0.3 is 0 Å². The summed E-state index contributed by atoms with van der Waals surface area (Å²) in [7, 11) is -6.17. The molecule has 0 radical (unpaired) electrons. The van der Waals surface area contributed by atoms with E-state index in [0.717, 1.165) is 133 Å². The van der Waals surface area contributed by atoms with Crippen LogP contribution in [0.3, 0.4) is 0 Å². The summed E-state index contributed by atoms with van der Waals surface area (Å²) in [5.41, 5.74) is 14.8. The number of furan rings is 2. The van der Waals surface area contributed by atoms with Gasteiger partial charge in [-0.2, -0.15) is 5.26 Å². The number of rotatable bonds is 18. The average molecular weight is 1520 g/mol. The van der Waals surface area contributed by atoms with Crippen LogP contribution in [0, 0.1) is 17.9 Å². The Bertz CT molecular complexity index is 6620. The SMILES string of the molecule is [C-]#[N+]c1cccc(-c2cccc([Si](c3ccccc3)(c3ccccc3)c3ccccc3)c2)c1N(c1cc(C(C)C)c2ccc3c(N(c4c(C#N)cccc4-c4cccc([Si](c5ccccc5)(c5ccccc5)c5ccccc5)c4)c4cccc5c4oc4ccccc45)cc(C(C)C)c4ccc1c2c43)c1cccc2c1oc1ccccc12. The van der Waals surface area contributed by atoms with Gasteiger partial charge in [-0.25, -0.2) is 4.85 Å². The van der Waals surface area contributed by atoms with Crippen LogP contribution in [-0.4, -0.2) is 16.1 Å². The van der Waals surface area contributed by atoms with E-state index in [1.807, 2.05) is 42.5 Å². The maximum absolute atomic E-state index is 12.1. The van der Waals surface area contributed by atoms with Crippen LogP contribution in [0.5, 0.6) is 0 Å². The summed E-state index contributed by atoms with van der Waals surface area (Å²) in [6, 6.07) is 144. The van der Waals surface area contributed by atoms with Crippen LogP contribution in [0.1, 0.15) is 56.2 Å². The quantitative estimate of drug-likeness (QED) is 0.0371. The maximum Gasteiger partial charge on any atom is 0.211 e. The van der Waals surface area contributed by atoms with Gasteiger partial charge in [-0.05, 0) is 145 Å². The number of benzene rings is 18. The smallest absolute Gasteiger partial charge is 0.211 e. The topological polar surface area (TPSA) is 60.9 Å². The van der Waals surface area contributed by atoms with E-state index in [0.29, 0.717) is 22.4 Å². The minimum absolute atomic E-state index is 0.0131. The second-order valence-electron chi connectivity index (χ2n) is 31.0. The molecule has 2 heterocycles. The molecule has 0 aliphatic heterocycles. The van der Waals surface area contributed by atoms with Gasteiger partial charge in [0.15, 0.2) is 27.3 Å². The van der Waals surface area contributed by atoms with E-state index in [2.05, 4.69) is 394 Å². The molecule has 2 aromatic heterocycles. The van der Waals surface area contributed by atoms with Gasteiger partial charge in [-0.15, -0.1) is 0 Å². The molecule has 116 heavy (non-hydrogen) atoms. The Morgan fingerprint density at radius 1 is 0.302 bits per heavy atom. The largest absolute Gasteiger partial charge is 0.454 e. The Kier molecular flexibility index (Phi) is 17.7. The van der Waals surface area contributed by atoms with Crippen molar-refractivity contribution in [3.05, 3.63) is 416 Å². The molecule has 550 valence electrons. The molecule has 20 rings (SSSR count). The summed E-state index contributed by atoms with van der Waals surface area (Å²) in [5, 5.41) is 32.5. The Balaban J connectivity index is 0.882. The van der Waals surface area contributed by atoms with Crippen molar-refractivity contribution >= 4 is 174 Å². The summed E-state index contributed by atoms with van der Waals surface area (Å²) < 4.78 is 14.5. The van der Waals surface area contributed by atoms with Crippen molar-refractivity contribution in [1.82, 2.24) is 0 Å². The number of nitriles is 1. The third kappa shape index (κ3) is 11.2. The molecule has 20 aromatic rings. The van der Waals surface area contributed by atoms with Crippen molar-refractivity contribution in [2.24, 2.45) is 0 Å². The lowest BCUT2D eigenvalue weighted by molar-refractivity contribution is 0.669. The van der Waals surface area contributed by atoms with Crippen LogP contribution < -0.4 is 51.3 Å².